The minimum Gasteiger partial charge on any atom is -0.387 e. The third-order valence-corrected chi connectivity index (χ3v) is 4.76. The number of rotatable bonds is 6. The maximum absolute atomic E-state index is 10.5. The summed E-state index contributed by atoms with van der Waals surface area (Å²) >= 11 is 1.68. The van der Waals surface area contributed by atoms with Crippen molar-refractivity contribution in [1.29, 1.82) is 0 Å². The number of aromatic nitrogens is 3. The van der Waals surface area contributed by atoms with Gasteiger partial charge in [0, 0.05) is 6.20 Å². The fourth-order valence-corrected chi connectivity index (χ4v) is 3.33. The molecule has 1 aliphatic heterocycles. The van der Waals surface area contributed by atoms with Crippen molar-refractivity contribution in [2.45, 2.75) is 31.2 Å². The number of hydrogen-bond acceptors (Lipinski definition) is 7. The summed E-state index contributed by atoms with van der Waals surface area (Å²) in [5.41, 5.74) is 0.768. The molecule has 1 N–H and O–H groups in total. The average molecular weight is 334 g/mol. The van der Waals surface area contributed by atoms with E-state index in [2.05, 4.69) is 20.0 Å². The molecule has 7 heteroatoms. The molecule has 3 heterocycles. The van der Waals surface area contributed by atoms with Crippen molar-refractivity contribution in [3.05, 3.63) is 41.8 Å². The van der Waals surface area contributed by atoms with Crippen molar-refractivity contribution in [1.82, 2.24) is 20.0 Å². The number of aliphatic hydroxyl groups excluding tert-OH is 1. The molecule has 2 aromatic heterocycles. The number of likely N-dealkylation sites (tertiary alicyclic amines) is 1. The van der Waals surface area contributed by atoms with Gasteiger partial charge in [-0.25, -0.2) is 0 Å². The second-order valence-electron chi connectivity index (χ2n) is 5.85. The Morgan fingerprint density at radius 2 is 2.22 bits per heavy atom. The summed E-state index contributed by atoms with van der Waals surface area (Å²) in [6.45, 7) is 2.54. The van der Waals surface area contributed by atoms with Gasteiger partial charge in [-0.1, -0.05) is 11.2 Å². The van der Waals surface area contributed by atoms with Crippen LogP contribution in [0.2, 0.25) is 0 Å². The van der Waals surface area contributed by atoms with E-state index >= 15 is 0 Å². The van der Waals surface area contributed by atoms with E-state index in [1.54, 1.807) is 18.0 Å². The molecule has 0 amide bonds. The van der Waals surface area contributed by atoms with Gasteiger partial charge in [0.2, 0.25) is 5.89 Å². The van der Waals surface area contributed by atoms with Gasteiger partial charge in [-0.3, -0.25) is 9.88 Å². The standard InChI is InChI=1S/C16H22N4O2S/c1-23-11-14-18-15(22-19-14)10-20-8-5-12(6-9-20)16(21)13-4-2-3-7-17-13/h2-4,7,12,16,21H,5-6,8-11H2,1H3/t16-/m1/s1. The Kier molecular flexibility index (Phi) is 5.64. The zero-order chi connectivity index (χ0) is 16.1. The minimum atomic E-state index is -0.477. The van der Waals surface area contributed by atoms with Gasteiger partial charge in [0.25, 0.3) is 0 Å². The number of hydrogen-bond donors (Lipinski definition) is 1. The molecule has 124 valence electrons. The molecule has 1 aliphatic rings. The van der Waals surface area contributed by atoms with E-state index in [1.807, 2.05) is 24.5 Å². The third kappa shape index (κ3) is 4.31. The summed E-state index contributed by atoms with van der Waals surface area (Å²) in [6, 6.07) is 5.68. The molecule has 0 aromatic carbocycles. The van der Waals surface area contributed by atoms with E-state index in [-0.39, 0.29) is 5.92 Å². The highest BCUT2D eigenvalue weighted by Crippen LogP contribution is 2.30. The predicted molar refractivity (Wildman–Crippen MR) is 88.7 cm³/mol. The zero-order valence-electron chi connectivity index (χ0n) is 13.3. The van der Waals surface area contributed by atoms with Crippen molar-refractivity contribution >= 4 is 11.8 Å². The lowest BCUT2D eigenvalue weighted by Gasteiger charge is -2.33. The molecule has 0 aliphatic carbocycles. The first-order valence-corrected chi connectivity index (χ1v) is 9.27. The van der Waals surface area contributed by atoms with E-state index < -0.39 is 6.10 Å². The predicted octanol–water partition coefficient (Wildman–Crippen LogP) is 2.27. The molecule has 23 heavy (non-hydrogen) atoms. The molecule has 0 saturated carbocycles. The van der Waals surface area contributed by atoms with Crippen LogP contribution in [0.3, 0.4) is 0 Å². The zero-order valence-corrected chi connectivity index (χ0v) is 14.1. The van der Waals surface area contributed by atoms with Gasteiger partial charge in [-0.05, 0) is 50.2 Å². The molecule has 1 saturated heterocycles. The van der Waals surface area contributed by atoms with Gasteiger partial charge in [-0.2, -0.15) is 16.7 Å². The molecule has 1 atom stereocenters. The van der Waals surface area contributed by atoms with Crippen molar-refractivity contribution in [2.75, 3.05) is 19.3 Å². The van der Waals surface area contributed by atoms with Gasteiger partial charge >= 0.3 is 0 Å². The van der Waals surface area contributed by atoms with Gasteiger partial charge in [0.15, 0.2) is 5.82 Å². The topological polar surface area (TPSA) is 75.3 Å². The number of piperidine rings is 1. The minimum absolute atomic E-state index is 0.260. The van der Waals surface area contributed by atoms with Crippen LogP contribution in [0.1, 0.15) is 36.4 Å². The van der Waals surface area contributed by atoms with Crippen molar-refractivity contribution in [3.63, 3.8) is 0 Å². The SMILES string of the molecule is CSCc1noc(CN2CCC([C@@H](O)c3ccccn3)CC2)n1. The molecule has 2 aromatic rings. The molecular formula is C16H22N4O2S. The highest BCUT2D eigenvalue weighted by molar-refractivity contribution is 7.97. The van der Waals surface area contributed by atoms with Crippen LogP contribution < -0.4 is 0 Å². The Morgan fingerprint density at radius 3 is 2.91 bits per heavy atom. The molecule has 0 spiro atoms. The van der Waals surface area contributed by atoms with Crippen LogP contribution in [0, 0.1) is 5.92 Å². The Labute approximate surface area is 140 Å². The number of thioether (sulfide) groups is 1. The summed E-state index contributed by atoms with van der Waals surface area (Å²) in [5, 5.41) is 14.4. The van der Waals surface area contributed by atoms with E-state index in [4.69, 9.17) is 4.52 Å². The van der Waals surface area contributed by atoms with Crippen molar-refractivity contribution in [2.24, 2.45) is 5.92 Å². The summed E-state index contributed by atoms with van der Waals surface area (Å²) in [5.74, 6) is 2.48. The lowest BCUT2D eigenvalue weighted by molar-refractivity contribution is 0.0511. The first-order chi connectivity index (χ1) is 11.3. The largest absolute Gasteiger partial charge is 0.387 e. The summed E-state index contributed by atoms with van der Waals surface area (Å²) in [7, 11) is 0. The number of pyridine rings is 1. The van der Waals surface area contributed by atoms with Crippen molar-refractivity contribution < 1.29 is 9.63 Å². The maximum atomic E-state index is 10.5. The smallest absolute Gasteiger partial charge is 0.240 e. The van der Waals surface area contributed by atoms with Crippen LogP contribution in [0.4, 0.5) is 0 Å². The van der Waals surface area contributed by atoms with Crippen LogP contribution in [0.15, 0.2) is 28.9 Å². The van der Waals surface area contributed by atoms with E-state index in [0.29, 0.717) is 12.4 Å². The molecule has 0 unspecified atom stereocenters. The third-order valence-electron chi connectivity index (χ3n) is 4.21. The quantitative estimate of drug-likeness (QED) is 0.868. The first kappa shape index (κ1) is 16.4. The highest BCUT2D eigenvalue weighted by atomic mass is 32.2. The van der Waals surface area contributed by atoms with Gasteiger partial charge < -0.3 is 9.63 Å². The molecule has 0 radical (unpaired) electrons. The number of aliphatic hydroxyl groups is 1. The highest BCUT2D eigenvalue weighted by Gasteiger charge is 2.27. The summed E-state index contributed by atoms with van der Waals surface area (Å²) in [6.07, 6.45) is 5.17. The monoisotopic (exact) mass is 334 g/mol. The molecular weight excluding hydrogens is 312 g/mol. The van der Waals surface area contributed by atoms with Gasteiger partial charge in [-0.15, -0.1) is 0 Å². The van der Waals surface area contributed by atoms with Crippen LogP contribution in [-0.4, -0.2) is 44.5 Å². The van der Waals surface area contributed by atoms with Crippen LogP contribution >= 0.6 is 11.8 Å². The molecule has 1 fully saturated rings. The van der Waals surface area contributed by atoms with Crippen LogP contribution in [0.5, 0.6) is 0 Å². The summed E-state index contributed by atoms with van der Waals surface area (Å²) in [4.78, 5) is 11.0. The lowest BCUT2D eigenvalue weighted by atomic mass is 9.89. The second-order valence-corrected chi connectivity index (χ2v) is 6.72. The van der Waals surface area contributed by atoms with E-state index in [9.17, 15) is 5.11 Å². The normalized spacial score (nSPS) is 18.2. The molecule has 6 nitrogen and oxygen atoms in total. The van der Waals surface area contributed by atoms with Crippen LogP contribution in [0.25, 0.3) is 0 Å². The van der Waals surface area contributed by atoms with Crippen molar-refractivity contribution in [3.8, 4) is 0 Å². The number of nitrogens with zero attached hydrogens (tertiary/aromatic N) is 4. The van der Waals surface area contributed by atoms with Crippen LogP contribution in [-0.2, 0) is 12.3 Å². The van der Waals surface area contributed by atoms with Gasteiger partial charge in [0.1, 0.15) is 0 Å². The first-order valence-electron chi connectivity index (χ1n) is 7.88. The summed E-state index contributed by atoms with van der Waals surface area (Å²) < 4.78 is 5.29. The molecule has 0 bridgehead atoms. The second kappa shape index (κ2) is 7.90. The molecule has 3 rings (SSSR count). The Morgan fingerprint density at radius 1 is 1.39 bits per heavy atom. The Bertz CT molecular complexity index is 599. The Hall–Kier alpha value is -1.44. The van der Waals surface area contributed by atoms with E-state index in [1.165, 1.54) is 0 Å². The fourth-order valence-electron chi connectivity index (χ4n) is 2.95. The van der Waals surface area contributed by atoms with Gasteiger partial charge in [0.05, 0.1) is 24.1 Å². The van der Waals surface area contributed by atoms with E-state index in [0.717, 1.165) is 43.2 Å². The lowest BCUT2D eigenvalue weighted by Crippen LogP contribution is -2.35. The maximum Gasteiger partial charge on any atom is 0.240 e. The Balaban J connectivity index is 1.50. The fraction of sp³-hybridized carbons (Fsp3) is 0.562. The average Bonchev–Trinajstić information content (AvgIpc) is 3.03.